The zero-order valence-electron chi connectivity index (χ0n) is 17.6. The molecule has 0 atom stereocenters. The molecule has 0 spiro atoms. The van der Waals surface area contributed by atoms with Crippen molar-refractivity contribution in [1.29, 1.82) is 0 Å². The number of aryl methyl sites for hydroxylation is 1. The number of halogens is 3. The predicted octanol–water partition coefficient (Wildman–Crippen LogP) is 4.48. The lowest BCUT2D eigenvalue weighted by atomic mass is 10.2. The fourth-order valence-electron chi connectivity index (χ4n) is 2.87. The van der Waals surface area contributed by atoms with Crippen molar-refractivity contribution in [2.24, 2.45) is 0 Å². The summed E-state index contributed by atoms with van der Waals surface area (Å²) in [5, 5.41) is 14.5. The quantitative estimate of drug-likeness (QED) is 0.352. The lowest BCUT2D eigenvalue weighted by Gasteiger charge is -2.12. The molecule has 0 unspecified atom stereocenters. The Hall–Kier alpha value is -3.92. The molecule has 7 nitrogen and oxygen atoms in total. The van der Waals surface area contributed by atoms with Crippen LogP contribution in [-0.2, 0) is 6.18 Å². The number of nitrogens with one attached hydrogen (secondary N) is 3. The zero-order valence-corrected chi connectivity index (χ0v) is 17.6. The second-order valence-electron chi connectivity index (χ2n) is 6.97. The number of rotatable bonds is 5. The van der Waals surface area contributed by atoms with Crippen LogP contribution in [-0.4, -0.2) is 33.2 Å². The number of H-pyrrole nitrogens is 1. The minimum atomic E-state index is -4.49. The topological polar surface area (TPSA) is 103 Å². The molecular weight excluding hydrogens is 435 g/mol. The van der Waals surface area contributed by atoms with Gasteiger partial charge in [-0.05, 0) is 31.2 Å². The van der Waals surface area contributed by atoms with E-state index in [1.165, 1.54) is 23.9 Å². The van der Waals surface area contributed by atoms with Crippen LogP contribution in [0.5, 0.6) is 0 Å². The monoisotopic (exact) mass is 457 g/mol. The van der Waals surface area contributed by atoms with Gasteiger partial charge in [-0.1, -0.05) is 42.0 Å². The minimum absolute atomic E-state index is 0.0524. The van der Waals surface area contributed by atoms with E-state index in [2.05, 4.69) is 44.6 Å². The number of alkyl halides is 3. The van der Waals surface area contributed by atoms with Crippen molar-refractivity contribution >= 4 is 28.4 Å². The molecule has 10 heteroatoms. The molecule has 0 aliphatic rings. The Morgan fingerprint density at radius 3 is 2.42 bits per heavy atom. The molecule has 4 aromatic rings. The summed E-state index contributed by atoms with van der Waals surface area (Å²) in [6, 6.07) is 16.4. The molecule has 0 fully saturated rings. The van der Waals surface area contributed by atoms with Gasteiger partial charge in [0.1, 0.15) is 11.2 Å². The van der Waals surface area contributed by atoms with Crippen LogP contribution in [0.4, 0.5) is 30.6 Å². The first kappa shape index (κ1) is 23.7. The summed E-state index contributed by atoms with van der Waals surface area (Å²) in [5.74, 6) is 0.184. The number of aromatic amines is 1. The number of anilines is 3. The van der Waals surface area contributed by atoms with E-state index in [4.69, 9.17) is 5.11 Å². The molecule has 2 aromatic carbocycles. The molecule has 0 aliphatic heterocycles. The van der Waals surface area contributed by atoms with Crippen LogP contribution in [0.1, 0.15) is 11.1 Å². The first-order valence-electron chi connectivity index (χ1n) is 9.98. The maximum absolute atomic E-state index is 12.9. The van der Waals surface area contributed by atoms with Gasteiger partial charge in [0.05, 0.1) is 17.7 Å². The number of aliphatic hydroxyl groups excluding tert-OH is 1. The third-order valence-electron chi connectivity index (χ3n) is 4.41. The largest absolute Gasteiger partial charge is 0.416 e. The van der Waals surface area contributed by atoms with Crippen molar-refractivity contribution in [3.05, 3.63) is 88.3 Å². The van der Waals surface area contributed by atoms with Crippen LogP contribution < -0.4 is 16.2 Å². The van der Waals surface area contributed by atoms with E-state index in [1.807, 2.05) is 18.2 Å². The molecule has 172 valence electrons. The van der Waals surface area contributed by atoms with Crippen LogP contribution >= 0.6 is 0 Å². The second kappa shape index (κ2) is 10.6. The van der Waals surface area contributed by atoms with Gasteiger partial charge in [0.25, 0.3) is 5.56 Å². The van der Waals surface area contributed by atoms with Gasteiger partial charge in [-0.2, -0.15) is 18.2 Å². The summed E-state index contributed by atoms with van der Waals surface area (Å²) in [6.07, 6.45) is -3.09. The minimum Gasteiger partial charge on any atom is -0.395 e. The molecule has 4 rings (SSSR count). The normalized spacial score (nSPS) is 10.9. The van der Waals surface area contributed by atoms with Gasteiger partial charge in [0.15, 0.2) is 0 Å². The van der Waals surface area contributed by atoms with E-state index >= 15 is 0 Å². The van der Waals surface area contributed by atoms with Crippen LogP contribution in [0.25, 0.3) is 10.9 Å². The second-order valence-corrected chi connectivity index (χ2v) is 6.97. The molecular formula is C23H22F3N5O2. The number of nitrogens with zero attached hydrogens (tertiary/aromatic N) is 2. The first-order chi connectivity index (χ1) is 15.8. The highest BCUT2D eigenvalue weighted by Gasteiger charge is 2.30. The molecule has 0 aliphatic carbocycles. The van der Waals surface area contributed by atoms with Crippen molar-refractivity contribution in [2.75, 3.05) is 23.8 Å². The molecule has 0 radical (unpaired) electrons. The number of hydrogen-bond acceptors (Lipinski definition) is 6. The molecule has 2 heterocycles. The van der Waals surface area contributed by atoms with Gasteiger partial charge in [-0.15, -0.1) is 0 Å². The standard InChI is InChI=1S/C16H14F3N5O2.C7H8/c17-16(18,19)9-2-1-3-10(8-9)22-13-12-11(4-5-20-14(12)26)23-15(24-13)21-6-7-25;1-7-5-3-2-4-6-7/h1-5,8,25H,6-7H2,(H,20,26)(H2,21,22,23,24);2-6H,1H3. The summed E-state index contributed by atoms with van der Waals surface area (Å²) in [7, 11) is 0. The number of pyridine rings is 1. The Kier molecular flexibility index (Phi) is 7.62. The molecule has 0 amide bonds. The van der Waals surface area contributed by atoms with Crippen molar-refractivity contribution in [3.63, 3.8) is 0 Å². The molecule has 4 N–H and O–H groups in total. The summed E-state index contributed by atoms with van der Waals surface area (Å²) >= 11 is 0. The van der Waals surface area contributed by atoms with Gasteiger partial charge in [-0.3, -0.25) is 4.79 Å². The number of benzene rings is 2. The van der Waals surface area contributed by atoms with Crippen molar-refractivity contribution in [2.45, 2.75) is 13.1 Å². The Morgan fingerprint density at radius 2 is 1.79 bits per heavy atom. The van der Waals surface area contributed by atoms with Gasteiger partial charge in [0, 0.05) is 18.4 Å². The third-order valence-corrected chi connectivity index (χ3v) is 4.41. The average molecular weight is 457 g/mol. The van der Waals surface area contributed by atoms with Crippen LogP contribution in [0, 0.1) is 6.92 Å². The highest BCUT2D eigenvalue weighted by Crippen LogP contribution is 2.32. The summed E-state index contributed by atoms with van der Waals surface area (Å²) in [6.45, 7) is 2.10. The van der Waals surface area contributed by atoms with E-state index in [0.717, 1.165) is 12.1 Å². The average Bonchev–Trinajstić information content (AvgIpc) is 2.78. The summed E-state index contributed by atoms with van der Waals surface area (Å²) in [5.41, 5.74) is 0.441. The van der Waals surface area contributed by atoms with E-state index in [1.54, 1.807) is 6.07 Å². The summed E-state index contributed by atoms with van der Waals surface area (Å²) in [4.78, 5) is 22.9. The van der Waals surface area contributed by atoms with Crippen LogP contribution in [0.15, 0.2) is 71.7 Å². The SMILES string of the molecule is Cc1ccccc1.O=c1[nH]ccc2nc(NCCO)nc(Nc3cccc(C(F)(F)F)c3)c12. The number of hydrogen-bond donors (Lipinski definition) is 4. The van der Waals surface area contributed by atoms with Crippen molar-refractivity contribution in [1.82, 2.24) is 15.0 Å². The van der Waals surface area contributed by atoms with E-state index < -0.39 is 17.3 Å². The van der Waals surface area contributed by atoms with Gasteiger partial charge >= 0.3 is 6.18 Å². The van der Waals surface area contributed by atoms with Crippen molar-refractivity contribution < 1.29 is 18.3 Å². The smallest absolute Gasteiger partial charge is 0.395 e. The van der Waals surface area contributed by atoms with Crippen LogP contribution in [0.2, 0.25) is 0 Å². The van der Waals surface area contributed by atoms with Crippen LogP contribution in [0.3, 0.4) is 0 Å². The van der Waals surface area contributed by atoms with E-state index in [0.29, 0.717) is 5.52 Å². The molecule has 0 saturated carbocycles. The van der Waals surface area contributed by atoms with Gasteiger partial charge < -0.3 is 20.7 Å². The zero-order chi connectivity index (χ0) is 23.8. The van der Waals surface area contributed by atoms with E-state index in [9.17, 15) is 18.0 Å². The van der Waals surface area contributed by atoms with Crippen molar-refractivity contribution in [3.8, 4) is 0 Å². The number of fused-ring (bicyclic) bond motifs is 1. The molecule has 2 aromatic heterocycles. The number of aliphatic hydroxyl groups is 1. The fraction of sp³-hybridized carbons (Fsp3) is 0.174. The lowest BCUT2D eigenvalue weighted by molar-refractivity contribution is -0.137. The highest BCUT2D eigenvalue weighted by molar-refractivity contribution is 5.90. The summed E-state index contributed by atoms with van der Waals surface area (Å²) < 4.78 is 38.7. The molecule has 0 bridgehead atoms. The fourth-order valence-corrected chi connectivity index (χ4v) is 2.87. The molecule has 33 heavy (non-hydrogen) atoms. The predicted molar refractivity (Wildman–Crippen MR) is 122 cm³/mol. The van der Waals surface area contributed by atoms with E-state index in [-0.39, 0.29) is 36.0 Å². The van der Waals surface area contributed by atoms with Gasteiger partial charge in [-0.25, -0.2) is 4.98 Å². The Labute approximate surface area is 187 Å². The van der Waals surface area contributed by atoms with Gasteiger partial charge in [0.2, 0.25) is 5.95 Å². The number of aromatic nitrogens is 3. The Balaban J connectivity index is 0.000000374. The molecule has 0 saturated heterocycles. The maximum Gasteiger partial charge on any atom is 0.416 e. The third kappa shape index (κ3) is 6.53. The Bertz CT molecular complexity index is 1260. The Morgan fingerprint density at radius 1 is 1.03 bits per heavy atom. The maximum atomic E-state index is 12.9. The first-order valence-corrected chi connectivity index (χ1v) is 9.98. The lowest BCUT2D eigenvalue weighted by Crippen LogP contribution is -2.14. The highest BCUT2D eigenvalue weighted by atomic mass is 19.4.